The number of benzene rings is 2. The summed E-state index contributed by atoms with van der Waals surface area (Å²) < 4.78 is 56.8. The summed E-state index contributed by atoms with van der Waals surface area (Å²) >= 11 is 0. The quantitative estimate of drug-likeness (QED) is 0.260. The fourth-order valence-electron chi connectivity index (χ4n) is 7.46. The Morgan fingerprint density at radius 1 is 0.840 bits per heavy atom. The third-order valence-electron chi connectivity index (χ3n) is 10.3. The van der Waals surface area contributed by atoms with Crippen LogP contribution in [0.4, 0.5) is 24.5 Å². The maximum atomic E-state index is 16.1. The predicted molar refractivity (Wildman–Crippen MR) is 187 cm³/mol. The van der Waals surface area contributed by atoms with Crippen LogP contribution in [-0.4, -0.2) is 82.6 Å². The molecular weight excluding hydrogens is 649 g/mol. The first-order chi connectivity index (χ1) is 24.2. The molecule has 5 heterocycles. The first kappa shape index (κ1) is 32.5. The minimum Gasteiger partial charge on any atom is -0.416 e. The van der Waals surface area contributed by atoms with Gasteiger partial charge in [0, 0.05) is 82.2 Å². The fraction of sp³-hybridized carbons (Fsp3) is 0.444. The number of aromatic nitrogens is 4. The predicted octanol–water partition coefficient (Wildman–Crippen LogP) is 4.75. The van der Waals surface area contributed by atoms with E-state index < -0.39 is 28.3 Å². The number of likely N-dealkylation sites (N-methyl/N-ethyl adjacent to an activating group) is 1. The number of rotatable bonds is 7. The molecule has 50 heavy (non-hydrogen) atoms. The molecule has 3 aromatic heterocycles. The largest absolute Gasteiger partial charge is 0.416 e. The highest BCUT2D eigenvalue weighted by molar-refractivity contribution is 5.88. The van der Waals surface area contributed by atoms with E-state index in [-0.39, 0.29) is 63.5 Å². The van der Waals surface area contributed by atoms with Gasteiger partial charge in [-0.15, -0.1) is 10.2 Å². The van der Waals surface area contributed by atoms with Gasteiger partial charge >= 0.3 is 0 Å². The molecule has 1 saturated carbocycles. The van der Waals surface area contributed by atoms with Crippen LogP contribution in [0.2, 0.25) is 0 Å². The highest BCUT2D eigenvalue weighted by Gasteiger charge is 2.30. The minimum absolute atomic E-state index is 0.0148. The van der Waals surface area contributed by atoms with Crippen molar-refractivity contribution in [2.75, 3.05) is 62.2 Å². The zero-order chi connectivity index (χ0) is 34.8. The molecule has 0 bridgehead atoms. The van der Waals surface area contributed by atoms with Gasteiger partial charge in [-0.05, 0) is 51.4 Å². The Kier molecular flexibility index (Phi) is 8.17. The minimum atomic E-state index is -0.831. The molecule has 2 aliphatic heterocycles. The molecule has 3 aliphatic rings. The second-order valence-corrected chi connectivity index (χ2v) is 13.5. The topological polar surface area (TPSA) is 105 Å². The summed E-state index contributed by atoms with van der Waals surface area (Å²) in [7, 11) is 0. The molecule has 1 N–H and O–H groups in total. The summed E-state index contributed by atoms with van der Waals surface area (Å²) in [5.74, 6) is -2.44. The van der Waals surface area contributed by atoms with Crippen molar-refractivity contribution < 1.29 is 17.6 Å². The lowest BCUT2D eigenvalue weighted by Gasteiger charge is -2.35. The van der Waals surface area contributed by atoms with Crippen LogP contribution in [0.1, 0.15) is 39.7 Å². The van der Waals surface area contributed by atoms with Gasteiger partial charge in [-0.3, -0.25) is 9.59 Å². The van der Waals surface area contributed by atoms with Gasteiger partial charge in [0.1, 0.15) is 28.4 Å². The van der Waals surface area contributed by atoms with Gasteiger partial charge in [0.2, 0.25) is 10.9 Å². The Balaban J connectivity index is 1.20. The van der Waals surface area contributed by atoms with Crippen LogP contribution in [0.5, 0.6) is 0 Å². The standard InChI is InChI=1S/C36H39F3N8O3/c1-4-43-10-12-45(13-11-43)29-16-28-22(14-26(29)37)33(48)25(19-47(28)21-6-7-21)36-42-41-35(50-36)24-18-44(5-2)31-23(34(24)49)15-27(38)32(30(31)39)46-9-8-40-20(3)17-46/h14-16,18-21,40H,4-13,17H2,1-3H3. The van der Waals surface area contributed by atoms with E-state index in [0.717, 1.165) is 38.5 Å². The molecule has 11 nitrogen and oxygen atoms in total. The highest BCUT2D eigenvalue weighted by Crippen LogP contribution is 2.39. The number of pyridine rings is 2. The second-order valence-electron chi connectivity index (χ2n) is 13.5. The van der Waals surface area contributed by atoms with Crippen LogP contribution in [0, 0.1) is 17.5 Å². The molecule has 2 aromatic carbocycles. The fourth-order valence-corrected chi connectivity index (χ4v) is 7.46. The number of nitrogens with zero attached hydrogens (tertiary/aromatic N) is 7. The maximum absolute atomic E-state index is 16.1. The maximum Gasteiger partial charge on any atom is 0.253 e. The summed E-state index contributed by atoms with van der Waals surface area (Å²) in [6.45, 7) is 11.5. The van der Waals surface area contributed by atoms with Crippen LogP contribution in [-0.2, 0) is 6.54 Å². The van der Waals surface area contributed by atoms with Gasteiger partial charge in [0.25, 0.3) is 11.8 Å². The van der Waals surface area contributed by atoms with Gasteiger partial charge in [0.15, 0.2) is 5.82 Å². The van der Waals surface area contributed by atoms with Gasteiger partial charge in [-0.25, -0.2) is 13.2 Å². The monoisotopic (exact) mass is 688 g/mol. The van der Waals surface area contributed by atoms with Gasteiger partial charge < -0.3 is 33.6 Å². The van der Waals surface area contributed by atoms with Crippen molar-refractivity contribution >= 4 is 33.2 Å². The number of hydrogen-bond acceptors (Lipinski definition) is 9. The van der Waals surface area contributed by atoms with Crippen molar-refractivity contribution in [2.45, 2.75) is 52.2 Å². The first-order valence-corrected chi connectivity index (χ1v) is 17.4. The molecule has 1 atom stereocenters. The van der Waals surface area contributed by atoms with E-state index in [1.54, 1.807) is 24.1 Å². The molecule has 0 spiro atoms. The van der Waals surface area contributed by atoms with Crippen LogP contribution in [0.3, 0.4) is 0 Å². The van der Waals surface area contributed by atoms with Crippen molar-refractivity contribution in [3.8, 4) is 22.9 Å². The van der Waals surface area contributed by atoms with Crippen LogP contribution in [0.25, 0.3) is 44.7 Å². The average Bonchev–Trinajstić information content (AvgIpc) is 3.85. The molecule has 1 unspecified atom stereocenters. The zero-order valence-corrected chi connectivity index (χ0v) is 28.3. The van der Waals surface area contributed by atoms with Gasteiger partial charge in [0.05, 0.1) is 22.1 Å². The van der Waals surface area contributed by atoms with Gasteiger partial charge in [-0.1, -0.05) is 6.92 Å². The van der Waals surface area contributed by atoms with Crippen LogP contribution >= 0.6 is 0 Å². The highest BCUT2D eigenvalue weighted by atomic mass is 19.1. The molecule has 14 heteroatoms. The van der Waals surface area contributed by atoms with Crippen molar-refractivity contribution in [1.82, 2.24) is 29.5 Å². The van der Waals surface area contributed by atoms with E-state index in [2.05, 4.69) is 27.3 Å². The molecule has 8 rings (SSSR count). The summed E-state index contributed by atoms with van der Waals surface area (Å²) in [4.78, 5) is 33.7. The number of anilines is 2. The van der Waals surface area contributed by atoms with Crippen molar-refractivity contribution in [3.05, 3.63) is 68.5 Å². The number of halogens is 3. The summed E-state index contributed by atoms with van der Waals surface area (Å²) in [6.07, 6.45) is 4.91. The normalized spacial score (nSPS) is 18.9. The van der Waals surface area contributed by atoms with E-state index in [0.29, 0.717) is 43.9 Å². The van der Waals surface area contributed by atoms with E-state index in [1.165, 1.54) is 16.8 Å². The van der Waals surface area contributed by atoms with Crippen LogP contribution in [0.15, 0.2) is 44.6 Å². The second kappa shape index (κ2) is 12.6. The van der Waals surface area contributed by atoms with Crippen molar-refractivity contribution in [3.63, 3.8) is 0 Å². The van der Waals surface area contributed by atoms with Crippen LogP contribution < -0.4 is 26.0 Å². The number of fused-ring (bicyclic) bond motifs is 2. The Hall–Kier alpha value is -4.69. The van der Waals surface area contributed by atoms with E-state index in [4.69, 9.17) is 4.42 Å². The van der Waals surface area contributed by atoms with Crippen molar-refractivity contribution in [2.24, 2.45) is 0 Å². The smallest absolute Gasteiger partial charge is 0.253 e. The summed E-state index contributed by atoms with van der Waals surface area (Å²) in [5, 5.41) is 11.5. The zero-order valence-electron chi connectivity index (χ0n) is 28.3. The lowest BCUT2D eigenvalue weighted by atomic mass is 10.1. The summed E-state index contributed by atoms with van der Waals surface area (Å²) in [5.41, 5.74) is -0.198. The number of nitrogens with one attached hydrogen (secondary N) is 1. The third kappa shape index (κ3) is 5.45. The Morgan fingerprint density at radius 2 is 1.52 bits per heavy atom. The number of hydrogen-bond donors (Lipinski definition) is 1. The van der Waals surface area contributed by atoms with Crippen molar-refractivity contribution in [1.29, 1.82) is 0 Å². The van der Waals surface area contributed by atoms with Gasteiger partial charge in [-0.2, -0.15) is 0 Å². The molecule has 5 aromatic rings. The molecule has 1 aliphatic carbocycles. The van der Waals surface area contributed by atoms with E-state index >= 15 is 13.2 Å². The van der Waals surface area contributed by atoms with E-state index in [9.17, 15) is 9.59 Å². The number of piperazine rings is 2. The molecule has 0 radical (unpaired) electrons. The molecule has 3 fully saturated rings. The Morgan fingerprint density at radius 3 is 2.18 bits per heavy atom. The average molecular weight is 689 g/mol. The Labute approximate surface area is 285 Å². The molecule has 2 saturated heterocycles. The SMILES string of the molecule is CCN1CCN(c2cc3c(cc2F)c(=O)c(-c2nnc(-c4cn(CC)c5c(F)c(N6CCNC(C)C6)c(F)cc5c4=O)o2)cn3C2CC2)CC1. The first-order valence-electron chi connectivity index (χ1n) is 17.4. The third-order valence-corrected chi connectivity index (χ3v) is 10.3. The summed E-state index contributed by atoms with van der Waals surface area (Å²) in [6, 6.07) is 4.30. The lowest BCUT2D eigenvalue weighted by Crippen LogP contribution is -2.49. The molecular formula is C36H39F3N8O3. The number of aryl methyl sites for hydroxylation is 1. The molecule has 262 valence electrons. The molecule has 0 amide bonds. The Bertz CT molecular complexity index is 2250. The van der Waals surface area contributed by atoms with E-state index in [1.807, 2.05) is 16.4 Å². The lowest BCUT2D eigenvalue weighted by molar-refractivity contribution is 0.270.